The number of carbonyl (C=O) groups is 1. The van der Waals surface area contributed by atoms with Gasteiger partial charge >= 0.3 is 5.97 Å². The summed E-state index contributed by atoms with van der Waals surface area (Å²) in [5, 5.41) is 10.1. The molecule has 0 spiro atoms. The molecule has 1 saturated heterocycles. The highest BCUT2D eigenvalue weighted by molar-refractivity contribution is 6.31. The van der Waals surface area contributed by atoms with E-state index in [9.17, 15) is 9.90 Å². The maximum absolute atomic E-state index is 11.5. The molecule has 1 aromatic rings. The molecule has 3 nitrogen and oxygen atoms in total. The van der Waals surface area contributed by atoms with E-state index >= 15 is 0 Å². The van der Waals surface area contributed by atoms with Crippen molar-refractivity contribution in [3.8, 4) is 0 Å². The number of aliphatic carboxylic acids is 1. The lowest BCUT2D eigenvalue weighted by molar-refractivity contribution is -0.143. The summed E-state index contributed by atoms with van der Waals surface area (Å²) in [6, 6.07) is 5.38. The second-order valence-electron chi connectivity index (χ2n) is 5.24. The highest BCUT2D eigenvalue weighted by Crippen LogP contribution is 2.20. The summed E-state index contributed by atoms with van der Waals surface area (Å²) >= 11 is 6.10. The van der Waals surface area contributed by atoms with Crippen LogP contribution in [0.15, 0.2) is 18.2 Å². The van der Waals surface area contributed by atoms with Gasteiger partial charge in [-0.1, -0.05) is 30.2 Å². The van der Waals surface area contributed by atoms with Gasteiger partial charge in [-0.15, -0.1) is 0 Å². The van der Waals surface area contributed by atoms with Crippen LogP contribution < -0.4 is 0 Å². The Kier molecular flexibility index (Phi) is 4.83. The number of aryl methyl sites for hydroxylation is 1. The van der Waals surface area contributed by atoms with Crippen molar-refractivity contribution in [1.82, 2.24) is 4.90 Å². The van der Waals surface area contributed by atoms with E-state index in [1.54, 1.807) is 0 Å². The topological polar surface area (TPSA) is 40.5 Å². The van der Waals surface area contributed by atoms with Gasteiger partial charge in [0.25, 0.3) is 0 Å². The maximum atomic E-state index is 11.5. The Labute approximate surface area is 119 Å². The lowest BCUT2D eigenvalue weighted by Crippen LogP contribution is -2.45. The third-order valence-electron chi connectivity index (χ3n) is 3.78. The molecule has 19 heavy (non-hydrogen) atoms. The van der Waals surface area contributed by atoms with Crippen molar-refractivity contribution in [1.29, 1.82) is 0 Å². The molecule has 0 saturated carbocycles. The zero-order chi connectivity index (χ0) is 13.8. The van der Waals surface area contributed by atoms with Crippen LogP contribution in [0.25, 0.3) is 0 Å². The molecule has 4 heteroatoms. The van der Waals surface area contributed by atoms with Crippen molar-refractivity contribution in [3.63, 3.8) is 0 Å². The quantitative estimate of drug-likeness (QED) is 0.922. The summed E-state index contributed by atoms with van der Waals surface area (Å²) in [6.45, 7) is 3.72. The van der Waals surface area contributed by atoms with E-state index in [1.807, 2.05) is 25.1 Å². The van der Waals surface area contributed by atoms with E-state index in [2.05, 4.69) is 4.90 Å². The van der Waals surface area contributed by atoms with Crippen molar-refractivity contribution >= 4 is 17.6 Å². The number of rotatable bonds is 4. The van der Waals surface area contributed by atoms with Crippen molar-refractivity contribution in [3.05, 3.63) is 34.3 Å². The number of benzene rings is 1. The van der Waals surface area contributed by atoms with Crippen LogP contribution in [-0.2, 0) is 11.2 Å². The van der Waals surface area contributed by atoms with Gasteiger partial charge in [0, 0.05) is 5.02 Å². The highest BCUT2D eigenvalue weighted by Gasteiger charge is 2.26. The second kappa shape index (κ2) is 6.40. The van der Waals surface area contributed by atoms with Gasteiger partial charge in [0.15, 0.2) is 0 Å². The maximum Gasteiger partial charge on any atom is 0.321 e. The first-order valence-electron chi connectivity index (χ1n) is 6.80. The van der Waals surface area contributed by atoms with Crippen LogP contribution in [0.5, 0.6) is 0 Å². The zero-order valence-corrected chi connectivity index (χ0v) is 12.0. The van der Waals surface area contributed by atoms with E-state index in [-0.39, 0.29) is 0 Å². The van der Waals surface area contributed by atoms with Crippen LogP contribution in [0.4, 0.5) is 0 Å². The van der Waals surface area contributed by atoms with Gasteiger partial charge in [0.05, 0.1) is 0 Å². The van der Waals surface area contributed by atoms with Crippen LogP contribution in [0.2, 0.25) is 5.02 Å². The number of nitrogens with zero attached hydrogens (tertiary/aromatic N) is 1. The molecule has 1 aliphatic heterocycles. The van der Waals surface area contributed by atoms with Crippen molar-refractivity contribution < 1.29 is 9.90 Å². The van der Waals surface area contributed by atoms with E-state index < -0.39 is 12.0 Å². The standard InChI is InChI=1S/C15H20ClNO2/c1-11-5-6-12(9-13(11)16)10-14(15(18)19)17-7-3-2-4-8-17/h5-6,9,14H,2-4,7-8,10H2,1H3,(H,18,19)/t14-/m1/s1. The normalized spacial score (nSPS) is 18.2. The van der Waals surface area contributed by atoms with Crippen LogP contribution >= 0.6 is 11.6 Å². The van der Waals surface area contributed by atoms with E-state index in [0.29, 0.717) is 11.4 Å². The predicted octanol–water partition coefficient (Wildman–Crippen LogP) is 3.13. The number of likely N-dealkylation sites (tertiary alicyclic amines) is 1. The first-order valence-corrected chi connectivity index (χ1v) is 7.17. The second-order valence-corrected chi connectivity index (χ2v) is 5.65. The van der Waals surface area contributed by atoms with Crippen molar-refractivity contribution in [2.75, 3.05) is 13.1 Å². The SMILES string of the molecule is Cc1ccc(C[C@H](C(=O)O)N2CCCCC2)cc1Cl. The summed E-state index contributed by atoms with van der Waals surface area (Å²) in [4.78, 5) is 13.6. The molecule has 1 aromatic carbocycles. The smallest absolute Gasteiger partial charge is 0.321 e. The molecule has 2 rings (SSSR count). The summed E-state index contributed by atoms with van der Waals surface area (Å²) in [5.74, 6) is -0.737. The monoisotopic (exact) mass is 281 g/mol. The summed E-state index contributed by atoms with van der Waals surface area (Å²) in [6.07, 6.45) is 3.92. The Morgan fingerprint density at radius 2 is 2.05 bits per heavy atom. The molecule has 0 amide bonds. The number of carboxylic acids is 1. The van der Waals surface area contributed by atoms with Crippen LogP contribution in [0, 0.1) is 6.92 Å². The fourth-order valence-corrected chi connectivity index (χ4v) is 2.79. The lowest BCUT2D eigenvalue weighted by Gasteiger charge is -2.32. The molecule has 1 fully saturated rings. The van der Waals surface area contributed by atoms with Gasteiger partial charge < -0.3 is 5.11 Å². The van der Waals surface area contributed by atoms with Gasteiger partial charge in [0.2, 0.25) is 0 Å². The zero-order valence-electron chi connectivity index (χ0n) is 11.2. The first-order chi connectivity index (χ1) is 9.08. The Bertz CT molecular complexity index is 455. The molecule has 0 bridgehead atoms. The van der Waals surface area contributed by atoms with E-state index in [1.165, 1.54) is 6.42 Å². The fourth-order valence-electron chi connectivity index (χ4n) is 2.59. The Morgan fingerprint density at radius 3 is 2.63 bits per heavy atom. The summed E-state index contributed by atoms with van der Waals surface area (Å²) in [5.41, 5.74) is 2.02. The van der Waals surface area contributed by atoms with Crippen molar-refractivity contribution in [2.45, 2.75) is 38.6 Å². The largest absolute Gasteiger partial charge is 0.480 e. The van der Waals surface area contributed by atoms with Gasteiger partial charge in [-0.05, 0) is 56.5 Å². The van der Waals surface area contributed by atoms with Crippen LogP contribution in [0.1, 0.15) is 30.4 Å². The molecule has 1 aliphatic rings. The average Bonchev–Trinajstić information content (AvgIpc) is 2.40. The van der Waals surface area contributed by atoms with E-state index in [4.69, 9.17) is 11.6 Å². The minimum absolute atomic E-state index is 0.431. The number of hydrogen-bond acceptors (Lipinski definition) is 2. The number of halogens is 1. The van der Waals surface area contributed by atoms with E-state index in [0.717, 1.165) is 37.1 Å². The minimum atomic E-state index is -0.737. The predicted molar refractivity (Wildman–Crippen MR) is 76.7 cm³/mol. The molecule has 0 aromatic heterocycles. The minimum Gasteiger partial charge on any atom is -0.480 e. The molecule has 1 atom stereocenters. The number of hydrogen-bond donors (Lipinski definition) is 1. The van der Waals surface area contributed by atoms with Gasteiger partial charge in [-0.25, -0.2) is 0 Å². The fraction of sp³-hybridized carbons (Fsp3) is 0.533. The summed E-state index contributed by atoms with van der Waals surface area (Å²) < 4.78 is 0. The molecule has 1 N–H and O–H groups in total. The van der Waals surface area contributed by atoms with Crippen LogP contribution in [-0.4, -0.2) is 35.1 Å². The third-order valence-corrected chi connectivity index (χ3v) is 4.19. The molecular formula is C15H20ClNO2. The highest BCUT2D eigenvalue weighted by atomic mass is 35.5. The molecule has 0 radical (unpaired) electrons. The number of piperidine rings is 1. The van der Waals surface area contributed by atoms with Gasteiger partial charge in [-0.3, -0.25) is 9.69 Å². The molecular weight excluding hydrogens is 262 g/mol. The Hall–Kier alpha value is -1.06. The molecule has 0 unspecified atom stereocenters. The first kappa shape index (κ1) is 14.4. The Balaban J connectivity index is 2.11. The third kappa shape index (κ3) is 3.71. The van der Waals surface area contributed by atoms with Crippen molar-refractivity contribution in [2.24, 2.45) is 0 Å². The van der Waals surface area contributed by atoms with Crippen LogP contribution in [0.3, 0.4) is 0 Å². The Morgan fingerprint density at radius 1 is 1.37 bits per heavy atom. The molecule has 1 heterocycles. The average molecular weight is 282 g/mol. The lowest BCUT2D eigenvalue weighted by atomic mass is 10.0. The molecule has 0 aliphatic carbocycles. The number of carboxylic acid groups (broad SMARTS) is 1. The van der Waals surface area contributed by atoms with Gasteiger partial charge in [-0.2, -0.15) is 0 Å². The molecule has 104 valence electrons. The summed E-state index contributed by atoms with van der Waals surface area (Å²) in [7, 11) is 0. The van der Waals surface area contributed by atoms with Gasteiger partial charge in [0.1, 0.15) is 6.04 Å².